The predicted octanol–water partition coefficient (Wildman–Crippen LogP) is 2.99. The van der Waals surface area contributed by atoms with Gasteiger partial charge in [0.2, 0.25) is 0 Å². The maximum atomic E-state index is 13.7. The molecule has 1 aromatic carbocycles. The largest absolute Gasteiger partial charge is 0.495 e. The summed E-state index contributed by atoms with van der Waals surface area (Å²) in [5.41, 5.74) is -3.14. The van der Waals surface area contributed by atoms with Gasteiger partial charge in [-0.1, -0.05) is 24.0 Å². The molecule has 1 aliphatic rings. The molecule has 124 valence electrons. The molecule has 2 rings (SSSR count). The van der Waals surface area contributed by atoms with Crippen LogP contribution in [0.3, 0.4) is 0 Å². The van der Waals surface area contributed by atoms with Gasteiger partial charge in [0.15, 0.2) is 0 Å². The number of benzene rings is 1. The molecule has 0 radical (unpaired) electrons. The van der Waals surface area contributed by atoms with Gasteiger partial charge in [-0.3, -0.25) is 0 Å². The van der Waals surface area contributed by atoms with Crippen molar-refractivity contribution in [2.45, 2.75) is 24.6 Å². The van der Waals surface area contributed by atoms with Crippen molar-refractivity contribution >= 4 is 11.7 Å². The minimum atomic E-state index is -4.97. The van der Waals surface area contributed by atoms with Gasteiger partial charge in [-0.2, -0.15) is 13.2 Å². The maximum absolute atomic E-state index is 13.7. The fraction of sp³-hybridized carbons (Fsp3) is 0.438. The van der Waals surface area contributed by atoms with Crippen LogP contribution in [-0.4, -0.2) is 31.9 Å². The summed E-state index contributed by atoms with van der Waals surface area (Å²) in [6.45, 7) is 0. The molecule has 0 heterocycles. The van der Waals surface area contributed by atoms with Crippen LogP contribution in [-0.2, 0) is 9.53 Å². The second-order valence-corrected chi connectivity index (χ2v) is 5.11. The van der Waals surface area contributed by atoms with Crippen LogP contribution in [0, 0.1) is 17.8 Å². The first-order valence-electron chi connectivity index (χ1n) is 6.93. The minimum absolute atomic E-state index is 0.00261. The van der Waals surface area contributed by atoms with E-state index in [4.69, 9.17) is 4.74 Å². The van der Waals surface area contributed by atoms with Gasteiger partial charge in [-0.15, -0.1) is 0 Å². The third-order valence-corrected chi connectivity index (χ3v) is 3.39. The Bertz CT molecular complexity index is 644. The molecule has 23 heavy (non-hydrogen) atoms. The smallest absolute Gasteiger partial charge is 0.434 e. The Morgan fingerprint density at radius 1 is 1.26 bits per heavy atom. The van der Waals surface area contributed by atoms with E-state index in [-0.39, 0.29) is 17.4 Å². The van der Waals surface area contributed by atoms with Crippen LogP contribution in [0.4, 0.5) is 18.9 Å². The molecule has 1 atom stereocenters. The average molecular weight is 327 g/mol. The number of para-hydroxylation sites is 2. The number of ether oxygens (including phenoxy) is 2. The number of methoxy groups -OCH3 is 2. The summed E-state index contributed by atoms with van der Waals surface area (Å²) < 4.78 is 50.5. The second-order valence-electron chi connectivity index (χ2n) is 5.11. The zero-order valence-corrected chi connectivity index (χ0v) is 12.7. The van der Waals surface area contributed by atoms with Crippen molar-refractivity contribution < 1.29 is 27.4 Å². The Morgan fingerprint density at radius 3 is 2.43 bits per heavy atom. The lowest BCUT2D eigenvalue weighted by molar-refractivity contribution is -0.187. The molecule has 1 aliphatic carbocycles. The molecule has 0 saturated heterocycles. The van der Waals surface area contributed by atoms with Crippen LogP contribution in [0.15, 0.2) is 24.3 Å². The number of rotatable bonds is 4. The number of halogens is 3. The highest BCUT2D eigenvalue weighted by molar-refractivity contribution is 5.90. The van der Waals surface area contributed by atoms with Gasteiger partial charge in [0.25, 0.3) is 5.54 Å². The monoisotopic (exact) mass is 327 g/mol. The molecular weight excluding hydrogens is 311 g/mol. The number of carbonyl (C=O) groups is 1. The Morgan fingerprint density at radius 2 is 1.91 bits per heavy atom. The number of carbonyl (C=O) groups excluding carboxylic acids is 1. The predicted molar refractivity (Wildman–Crippen MR) is 77.9 cm³/mol. The van der Waals surface area contributed by atoms with Crippen molar-refractivity contribution in [2.24, 2.45) is 5.92 Å². The van der Waals surface area contributed by atoms with E-state index < -0.39 is 17.7 Å². The quantitative estimate of drug-likeness (QED) is 0.682. The fourth-order valence-electron chi connectivity index (χ4n) is 1.93. The van der Waals surface area contributed by atoms with Gasteiger partial charge < -0.3 is 14.8 Å². The summed E-state index contributed by atoms with van der Waals surface area (Å²) >= 11 is 0. The first-order valence-corrected chi connectivity index (χ1v) is 6.93. The highest BCUT2D eigenvalue weighted by Crippen LogP contribution is 2.38. The van der Waals surface area contributed by atoms with Crippen molar-refractivity contribution in [1.82, 2.24) is 0 Å². The lowest BCUT2D eigenvalue weighted by Crippen LogP contribution is -2.57. The topological polar surface area (TPSA) is 47.6 Å². The number of alkyl halides is 3. The number of hydrogen-bond acceptors (Lipinski definition) is 4. The molecule has 4 nitrogen and oxygen atoms in total. The van der Waals surface area contributed by atoms with Crippen LogP contribution >= 0.6 is 0 Å². The van der Waals surface area contributed by atoms with E-state index in [1.807, 2.05) is 0 Å². The van der Waals surface area contributed by atoms with Gasteiger partial charge in [0, 0.05) is 5.92 Å². The normalized spacial score (nSPS) is 16.6. The molecule has 1 aromatic rings. The highest BCUT2D eigenvalue weighted by atomic mass is 19.4. The molecular formula is C16H16F3NO3. The second kappa shape index (κ2) is 6.41. The number of nitrogens with one attached hydrogen (secondary N) is 1. The van der Waals surface area contributed by atoms with Gasteiger partial charge in [-0.25, -0.2) is 4.79 Å². The van der Waals surface area contributed by atoms with Crippen molar-refractivity contribution in [3.63, 3.8) is 0 Å². The van der Waals surface area contributed by atoms with E-state index in [9.17, 15) is 18.0 Å². The Labute approximate surface area is 132 Å². The molecule has 0 aromatic heterocycles. The molecule has 7 heteroatoms. The SMILES string of the molecule is COC(=O)[C@@](C#CC1CC1)(Nc1ccccc1OC)C(F)(F)F. The lowest BCUT2D eigenvalue weighted by Gasteiger charge is -2.30. The van der Waals surface area contributed by atoms with Crippen molar-refractivity contribution in [3.8, 4) is 17.6 Å². The Kier molecular flexibility index (Phi) is 4.73. The highest BCUT2D eigenvalue weighted by Gasteiger charge is 2.62. The molecule has 1 N–H and O–H groups in total. The maximum Gasteiger partial charge on any atom is 0.434 e. The number of anilines is 1. The summed E-state index contributed by atoms with van der Waals surface area (Å²) in [6, 6.07) is 5.99. The van der Waals surface area contributed by atoms with Crippen LogP contribution in [0.25, 0.3) is 0 Å². The van der Waals surface area contributed by atoms with E-state index in [0.29, 0.717) is 0 Å². The third kappa shape index (κ3) is 3.52. The summed E-state index contributed by atoms with van der Waals surface area (Å²) in [7, 11) is 2.22. The molecule has 0 aliphatic heterocycles. The molecule has 1 saturated carbocycles. The van der Waals surface area contributed by atoms with Gasteiger partial charge >= 0.3 is 12.1 Å². The van der Waals surface area contributed by atoms with E-state index in [0.717, 1.165) is 20.0 Å². The lowest BCUT2D eigenvalue weighted by atomic mass is 9.98. The summed E-state index contributed by atoms with van der Waals surface area (Å²) in [4.78, 5) is 12.0. The Balaban J connectivity index is 2.51. The zero-order valence-electron chi connectivity index (χ0n) is 12.7. The minimum Gasteiger partial charge on any atom is -0.495 e. The summed E-state index contributed by atoms with van der Waals surface area (Å²) in [5.74, 6) is 3.12. The average Bonchev–Trinajstić information content (AvgIpc) is 3.34. The molecule has 0 amide bonds. The summed E-state index contributed by atoms with van der Waals surface area (Å²) in [6.07, 6.45) is -3.50. The molecule has 1 fully saturated rings. The van der Waals surface area contributed by atoms with Gasteiger partial charge in [-0.05, 0) is 25.0 Å². The first kappa shape index (κ1) is 17.0. The van der Waals surface area contributed by atoms with E-state index in [1.165, 1.54) is 25.3 Å². The molecule has 0 bridgehead atoms. The van der Waals surface area contributed by atoms with Crippen LogP contribution in [0.2, 0.25) is 0 Å². The van der Waals surface area contributed by atoms with Crippen molar-refractivity contribution in [1.29, 1.82) is 0 Å². The van der Waals surface area contributed by atoms with Crippen LogP contribution < -0.4 is 10.1 Å². The van der Waals surface area contributed by atoms with E-state index >= 15 is 0 Å². The number of esters is 1. The molecule has 0 spiro atoms. The molecule has 0 unspecified atom stereocenters. The fourth-order valence-corrected chi connectivity index (χ4v) is 1.93. The summed E-state index contributed by atoms with van der Waals surface area (Å²) in [5, 5.41) is 2.19. The van der Waals surface area contributed by atoms with Crippen molar-refractivity contribution in [2.75, 3.05) is 19.5 Å². The standard InChI is InChI=1S/C16H16F3NO3/c1-22-13-6-4-3-5-12(13)20-15(14(21)23-2,16(17,18)19)10-9-11-7-8-11/h3-6,11,20H,7-8H2,1-2H3/t15-/m1/s1. The van der Waals surface area contributed by atoms with E-state index in [2.05, 4.69) is 21.9 Å². The van der Waals surface area contributed by atoms with Crippen LogP contribution in [0.5, 0.6) is 5.75 Å². The first-order chi connectivity index (χ1) is 10.8. The van der Waals surface area contributed by atoms with Gasteiger partial charge in [0.1, 0.15) is 5.75 Å². The van der Waals surface area contributed by atoms with E-state index in [1.54, 1.807) is 6.07 Å². The van der Waals surface area contributed by atoms with Gasteiger partial charge in [0.05, 0.1) is 19.9 Å². The number of hydrogen-bond donors (Lipinski definition) is 1. The van der Waals surface area contributed by atoms with Crippen molar-refractivity contribution in [3.05, 3.63) is 24.3 Å². The zero-order chi connectivity index (χ0) is 17.1. The third-order valence-electron chi connectivity index (χ3n) is 3.39. The Hall–Kier alpha value is -2.36. The van der Waals surface area contributed by atoms with Crippen LogP contribution in [0.1, 0.15) is 12.8 Å².